The van der Waals surface area contributed by atoms with E-state index in [4.69, 9.17) is 9.15 Å². The number of benzene rings is 2. The number of amides is 1. The standard InChI is InChI=1S/C20H17FN2O4/c1-12-17(23-19(27-12)13-7-9-14(21)10-8-13)11-18(24)22-16-6-4-3-5-15(16)20(25)26-2/h3-10H,11H2,1-2H3,(H,22,24). The van der Waals surface area contributed by atoms with Crippen LogP contribution in [0.3, 0.4) is 0 Å². The van der Waals surface area contributed by atoms with Gasteiger partial charge in [-0.15, -0.1) is 0 Å². The fourth-order valence-electron chi connectivity index (χ4n) is 2.53. The Kier molecular flexibility index (Phi) is 5.30. The SMILES string of the molecule is COC(=O)c1ccccc1NC(=O)Cc1nc(-c2ccc(F)cc2)oc1C. The van der Waals surface area contributed by atoms with Crippen LogP contribution < -0.4 is 5.32 Å². The summed E-state index contributed by atoms with van der Waals surface area (Å²) in [5.74, 6) is -0.447. The first kappa shape index (κ1) is 18.3. The molecule has 6 nitrogen and oxygen atoms in total. The van der Waals surface area contributed by atoms with E-state index in [9.17, 15) is 14.0 Å². The highest BCUT2D eigenvalue weighted by atomic mass is 19.1. The van der Waals surface area contributed by atoms with Crippen LogP contribution in [-0.2, 0) is 16.0 Å². The average molecular weight is 368 g/mol. The van der Waals surface area contributed by atoms with Gasteiger partial charge in [-0.2, -0.15) is 0 Å². The van der Waals surface area contributed by atoms with Crippen LogP contribution in [0.5, 0.6) is 0 Å². The summed E-state index contributed by atoms with van der Waals surface area (Å²) in [5, 5.41) is 2.69. The number of ether oxygens (including phenoxy) is 1. The van der Waals surface area contributed by atoms with Crippen molar-refractivity contribution in [3.8, 4) is 11.5 Å². The van der Waals surface area contributed by atoms with E-state index in [1.165, 1.54) is 19.2 Å². The van der Waals surface area contributed by atoms with Crippen LogP contribution >= 0.6 is 0 Å². The molecule has 0 bridgehead atoms. The highest BCUT2D eigenvalue weighted by Crippen LogP contribution is 2.23. The molecule has 0 radical (unpaired) electrons. The molecule has 1 heterocycles. The lowest BCUT2D eigenvalue weighted by Gasteiger charge is -2.09. The summed E-state index contributed by atoms with van der Waals surface area (Å²) in [4.78, 5) is 28.5. The number of methoxy groups -OCH3 is 1. The van der Waals surface area contributed by atoms with Crippen molar-refractivity contribution in [1.29, 1.82) is 0 Å². The molecule has 7 heteroatoms. The number of aryl methyl sites for hydroxylation is 1. The number of para-hydroxylation sites is 1. The van der Waals surface area contributed by atoms with Gasteiger partial charge in [-0.3, -0.25) is 4.79 Å². The number of nitrogens with zero attached hydrogens (tertiary/aromatic N) is 1. The molecule has 0 fully saturated rings. The summed E-state index contributed by atoms with van der Waals surface area (Å²) in [6.45, 7) is 1.70. The van der Waals surface area contributed by atoms with Gasteiger partial charge in [0.05, 0.1) is 30.5 Å². The molecule has 0 saturated carbocycles. The van der Waals surface area contributed by atoms with Crippen LogP contribution in [0.15, 0.2) is 52.9 Å². The molecule has 138 valence electrons. The van der Waals surface area contributed by atoms with Gasteiger partial charge in [0.15, 0.2) is 0 Å². The first-order valence-corrected chi connectivity index (χ1v) is 8.17. The first-order chi connectivity index (χ1) is 13.0. The molecule has 0 aliphatic carbocycles. The van der Waals surface area contributed by atoms with E-state index in [-0.39, 0.29) is 23.7 Å². The zero-order chi connectivity index (χ0) is 19.4. The Bertz CT molecular complexity index is 980. The quantitative estimate of drug-likeness (QED) is 0.694. The predicted molar refractivity (Wildman–Crippen MR) is 96.7 cm³/mol. The van der Waals surface area contributed by atoms with Gasteiger partial charge in [-0.05, 0) is 43.3 Å². The number of hydrogen-bond acceptors (Lipinski definition) is 5. The van der Waals surface area contributed by atoms with Crippen molar-refractivity contribution in [2.45, 2.75) is 13.3 Å². The van der Waals surface area contributed by atoms with Crippen molar-refractivity contribution < 1.29 is 23.1 Å². The molecule has 27 heavy (non-hydrogen) atoms. The van der Waals surface area contributed by atoms with E-state index in [0.29, 0.717) is 28.6 Å². The van der Waals surface area contributed by atoms with Crippen molar-refractivity contribution in [2.24, 2.45) is 0 Å². The number of carbonyl (C=O) groups is 2. The van der Waals surface area contributed by atoms with Gasteiger partial charge in [0.25, 0.3) is 0 Å². The predicted octanol–water partition coefficient (Wildman–Crippen LogP) is 3.76. The lowest BCUT2D eigenvalue weighted by molar-refractivity contribution is -0.115. The van der Waals surface area contributed by atoms with Crippen LogP contribution in [0, 0.1) is 12.7 Å². The van der Waals surface area contributed by atoms with Crippen molar-refractivity contribution in [3.05, 3.63) is 71.4 Å². The van der Waals surface area contributed by atoms with Gasteiger partial charge in [0, 0.05) is 5.56 Å². The molecule has 0 saturated heterocycles. The smallest absolute Gasteiger partial charge is 0.339 e. The number of aromatic nitrogens is 1. The maximum Gasteiger partial charge on any atom is 0.339 e. The number of hydrogen-bond donors (Lipinski definition) is 1. The zero-order valence-corrected chi connectivity index (χ0v) is 14.8. The van der Waals surface area contributed by atoms with E-state index in [2.05, 4.69) is 10.3 Å². The second kappa shape index (κ2) is 7.82. The third kappa shape index (κ3) is 4.20. The molecule has 0 atom stereocenters. The average Bonchev–Trinajstić information content (AvgIpc) is 3.02. The number of esters is 1. The van der Waals surface area contributed by atoms with E-state index < -0.39 is 5.97 Å². The van der Waals surface area contributed by atoms with Gasteiger partial charge >= 0.3 is 5.97 Å². The van der Waals surface area contributed by atoms with Crippen LogP contribution in [0.25, 0.3) is 11.5 Å². The maximum atomic E-state index is 13.0. The second-order valence-electron chi connectivity index (χ2n) is 5.79. The number of rotatable bonds is 5. The minimum absolute atomic E-state index is 0.0357. The summed E-state index contributed by atoms with van der Waals surface area (Å²) in [5.41, 5.74) is 1.69. The summed E-state index contributed by atoms with van der Waals surface area (Å²) < 4.78 is 23.3. The van der Waals surface area contributed by atoms with E-state index in [1.807, 2.05) is 0 Å². The lowest BCUT2D eigenvalue weighted by Crippen LogP contribution is -2.17. The highest BCUT2D eigenvalue weighted by Gasteiger charge is 2.17. The third-order valence-electron chi connectivity index (χ3n) is 3.92. The molecule has 1 N–H and O–H groups in total. The Labute approximate surface area is 155 Å². The number of halogens is 1. The van der Waals surface area contributed by atoms with Gasteiger partial charge in [-0.25, -0.2) is 14.2 Å². The third-order valence-corrected chi connectivity index (χ3v) is 3.92. The molecular weight excluding hydrogens is 351 g/mol. The summed E-state index contributed by atoms with van der Waals surface area (Å²) in [6, 6.07) is 12.3. The Morgan fingerprint density at radius 2 is 1.85 bits per heavy atom. The Morgan fingerprint density at radius 3 is 2.56 bits per heavy atom. The molecule has 0 aliphatic heterocycles. The maximum absolute atomic E-state index is 13.0. The monoisotopic (exact) mass is 368 g/mol. The molecule has 0 spiro atoms. The van der Waals surface area contributed by atoms with Crippen LogP contribution in [0.1, 0.15) is 21.8 Å². The Morgan fingerprint density at radius 1 is 1.15 bits per heavy atom. The minimum atomic E-state index is -0.540. The highest BCUT2D eigenvalue weighted by molar-refractivity contribution is 6.01. The Balaban J connectivity index is 1.76. The fourth-order valence-corrected chi connectivity index (χ4v) is 2.53. The van der Waals surface area contributed by atoms with Gasteiger partial charge in [0.2, 0.25) is 11.8 Å². The summed E-state index contributed by atoms with van der Waals surface area (Å²) in [6.07, 6.45) is -0.0357. The van der Waals surface area contributed by atoms with Crippen LogP contribution in [0.4, 0.5) is 10.1 Å². The number of nitrogens with one attached hydrogen (secondary N) is 1. The van der Waals surface area contributed by atoms with Crippen LogP contribution in [0.2, 0.25) is 0 Å². The van der Waals surface area contributed by atoms with Gasteiger partial charge in [0.1, 0.15) is 11.6 Å². The van der Waals surface area contributed by atoms with Crippen molar-refractivity contribution >= 4 is 17.6 Å². The lowest BCUT2D eigenvalue weighted by atomic mass is 10.1. The normalized spacial score (nSPS) is 10.5. The van der Waals surface area contributed by atoms with E-state index in [1.54, 1.807) is 43.3 Å². The molecule has 1 aromatic heterocycles. The van der Waals surface area contributed by atoms with Gasteiger partial charge in [-0.1, -0.05) is 12.1 Å². The number of anilines is 1. The molecule has 1 amide bonds. The van der Waals surface area contributed by atoms with Crippen molar-refractivity contribution in [3.63, 3.8) is 0 Å². The topological polar surface area (TPSA) is 81.4 Å². The van der Waals surface area contributed by atoms with Crippen molar-refractivity contribution in [1.82, 2.24) is 4.98 Å². The minimum Gasteiger partial charge on any atom is -0.465 e. The Hall–Kier alpha value is -3.48. The number of oxazole rings is 1. The summed E-state index contributed by atoms with van der Waals surface area (Å²) in [7, 11) is 1.27. The zero-order valence-electron chi connectivity index (χ0n) is 14.8. The number of carbonyl (C=O) groups excluding carboxylic acids is 2. The van der Waals surface area contributed by atoms with Crippen LogP contribution in [-0.4, -0.2) is 24.0 Å². The second-order valence-corrected chi connectivity index (χ2v) is 5.79. The molecule has 3 aromatic rings. The van der Waals surface area contributed by atoms with Crippen molar-refractivity contribution in [2.75, 3.05) is 12.4 Å². The molecule has 0 aliphatic rings. The largest absolute Gasteiger partial charge is 0.465 e. The molecule has 3 rings (SSSR count). The first-order valence-electron chi connectivity index (χ1n) is 8.17. The summed E-state index contributed by atoms with van der Waals surface area (Å²) >= 11 is 0. The molecule has 0 unspecified atom stereocenters. The van der Waals surface area contributed by atoms with E-state index >= 15 is 0 Å². The molecule has 2 aromatic carbocycles. The fraction of sp³-hybridized carbons (Fsp3) is 0.150. The van der Waals surface area contributed by atoms with Gasteiger partial charge < -0.3 is 14.5 Å². The van der Waals surface area contributed by atoms with E-state index in [0.717, 1.165) is 0 Å². The molecular formula is C20H17FN2O4.